The highest BCUT2D eigenvalue weighted by atomic mass is 35.5. The molecule has 0 radical (unpaired) electrons. The minimum absolute atomic E-state index is 0.0635. The van der Waals surface area contributed by atoms with E-state index in [-0.39, 0.29) is 16.7 Å². The van der Waals surface area contributed by atoms with Crippen LogP contribution in [0.5, 0.6) is 5.88 Å². The van der Waals surface area contributed by atoms with E-state index in [2.05, 4.69) is 15.0 Å². The first kappa shape index (κ1) is 12.2. The maximum absolute atomic E-state index is 10.9. The van der Waals surface area contributed by atoms with Crippen LogP contribution in [-0.4, -0.2) is 27.0 Å². The molecule has 2 rings (SSSR count). The number of nitro groups is 1. The van der Waals surface area contributed by atoms with E-state index in [9.17, 15) is 10.1 Å². The first-order valence-corrected chi connectivity index (χ1v) is 5.17. The molecule has 0 spiro atoms. The number of hydrogen-bond donors (Lipinski definition) is 0. The van der Waals surface area contributed by atoms with E-state index >= 15 is 0 Å². The lowest BCUT2D eigenvalue weighted by Gasteiger charge is -2.03. The van der Waals surface area contributed by atoms with Gasteiger partial charge in [-0.15, -0.1) is 0 Å². The molecule has 0 bridgehead atoms. The third-order valence-electron chi connectivity index (χ3n) is 2.16. The number of nitrogens with zero attached hydrogens (tertiary/aromatic N) is 4. The molecule has 0 saturated heterocycles. The predicted molar refractivity (Wildman–Crippen MR) is 63.5 cm³/mol. The molecule has 0 unspecified atom stereocenters. The molecule has 0 aromatic carbocycles. The molecule has 0 fully saturated rings. The molecule has 92 valence electrons. The number of methoxy groups -OCH3 is 1. The molecule has 2 heterocycles. The van der Waals surface area contributed by atoms with Crippen LogP contribution in [0.1, 0.15) is 0 Å². The minimum atomic E-state index is -0.574. The second kappa shape index (κ2) is 4.92. The smallest absolute Gasteiger partial charge is 0.313 e. The number of hydrogen-bond acceptors (Lipinski definition) is 6. The lowest BCUT2D eigenvalue weighted by molar-refractivity contribution is -0.384. The number of halogens is 1. The Morgan fingerprint density at radius 3 is 2.67 bits per heavy atom. The fraction of sp³-hybridized carbons (Fsp3) is 0.100. The zero-order valence-electron chi connectivity index (χ0n) is 9.20. The Morgan fingerprint density at radius 2 is 2.11 bits per heavy atom. The Hall–Kier alpha value is -2.28. The SMILES string of the molecule is COc1ccc(-c2nc(Cl)ncc2[N+](=O)[O-])cn1. The van der Waals surface area contributed by atoms with Crippen LogP contribution >= 0.6 is 11.6 Å². The molecule has 2 aromatic heterocycles. The van der Waals surface area contributed by atoms with Gasteiger partial charge in [0.25, 0.3) is 0 Å². The fourth-order valence-corrected chi connectivity index (χ4v) is 1.47. The molecule has 0 aliphatic rings. The maximum atomic E-state index is 10.9. The molecular weight excluding hydrogens is 260 g/mol. The molecule has 8 heteroatoms. The highest BCUT2D eigenvalue weighted by molar-refractivity contribution is 6.28. The standard InChI is InChI=1S/C10H7ClN4O3/c1-18-8-3-2-6(4-12-8)9-7(15(16)17)5-13-10(11)14-9/h2-5H,1H3. The lowest BCUT2D eigenvalue weighted by Crippen LogP contribution is -1.97. The van der Waals surface area contributed by atoms with E-state index in [0.717, 1.165) is 6.20 Å². The van der Waals surface area contributed by atoms with Crippen LogP contribution < -0.4 is 4.74 Å². The summed E-state index contributed by atoms with van der Waals surface area (Å²) in [7, 11) is 1.48. The monoisotopic (exact) mass is 266 g/mol. The molecule has 0 aliphatic carbocycles. The quantitative estimate of drug-likeness (QED) is 0.480. The average Bonchev–Trinajstić information content (AvgIpc) is 2.38. The molecular formula is C10H7ClN4O3. The zero-order chi connectivity index (χ0) is 13.1. The van der Waals surface area contributed by atoms with Gasteiger partial charge in [0, 0.05) is 17.8 Å². The molecule has 18 heavy (non-hydrogen) atoms. The van der Waals surface area contributed by atoms with E-state index in [4.69, 9.17) is 16.3 Å². The van der Waals surface area contributed by atoms with Crippen LogP contribution in [-0.2, 0) is 0 Å². The van der Waals surface area contributed by atoms with Crippen molar-refractivity contribution in [1.29, 1.82) is 0 Å². The summed E-state index contributed by atoms with van der Waals surface area (Å²) < 4.78 is 4.90. The van der Waals surface area contributed by atoms with Crippen LogP contribution in [0.3, 0.4) is 0 Å². The normalized spacial score (nSPS) is 10.1. The number of ether oxygens (including phenoxy) is 1. The van der Waals surface area contributed by atoms with Crippen LogP contribution in [0, 0.1) is 10.1 Å². The summed E-state index contributed by atoms with van der Waals surface area (Å²) in [5.41, 5.74) is 0.355. The van der Waals surface area contributed by atoms with Gasteiger partial charge in [0.15, 0.2) is 5.69 Å². The summed E-state index contributed by atoms with van der Waals surface area (Å²) in [4.78, 5) is 21.7. The van der Waals surface area contributed by atoms with E-state index in [1.54, 1.807) is 12.1 Å². The van der Waals surface area contributed by atoms with Gasteiger partial charge in [-0.25, -0.2) is 15.0 Å². The average molecular weight is 267 g/mol. The summed E-state index contributed by atoms with van der Waals surface area (Å²) in [5.74, 6) is 0.404. The summed E-state index contributed by atoms with van der Waals surface area (Å²) in [6, 6.07) is 3.19. The molecule has 0 atom stereocenters. The van der Waals surface area contributed by atoms with Gasteiger partial charge in [-0.1, -0.05) is 0 Å². The fourth-order valence-electron chi connectivity index (χ4n) is 1.34. The van der Waals surface area contributed by atoms with Gasteiger partial charge in [0.1, 0.15) is 6.20 Å². The highest BCUT2D eigenvalue weighted by Gasteiger charge is 2.18. The van der Waals surface area contributed by atoms with E-state index in [1.165, 1.54) is 13.3 Å². The predicted octanol–water partition coefficient (Wildman–Crippen LogP) is 2.11. The summed E-state index contributed by atoms with van der Waals surface area (Å²) in [6.07, 6.45) is 2.49. The van der Waals surface area contributed by atoms with Gasteiger partial charge in [-0.2, -0.15) is 0 Å². The van der Waals surface area contributed by atoms with Crippen molar-refractivity contribution in [2.45, 2.75) is 0 Å². The van der Waals surface area contributed by atoms with Crippen molar-refractivity contribution in [3.63, 3.8) is 0 Å². The molecule has 7 nitrogen and oxygen atoms in total. The Labute approximate surface area is 107 Å². The number of aromatic nitrogens is 3. The second-order valence-corrected chi connectivity index (χ2v) is 3.56. The Morgan fingerprint density at radius 1 is 1.33 bits per heavy atom. The Balaban J connectivity index is 2.54. The summed E-state index contributed by atoms with van der Waals surface area (Å²) in [6.45, 7) is 0. The zero-order valence-corrected chi connectivity index (χ0v) is 9.96. The topological polar surface area (TPSA) is 91.0 Å². The molecule has 0 aliphatic heterocycles. The first-order chi connectivity index (χ1) is 8.61. The van der Waals surface area contributed by atoms with Crippen molar-refractivity contribution in [3.8, 4) is 17.1 Å². The van der Waals surface area contributed by atoms with Crippen molar-refractivity contribution in [2.75, 3.05) is 7.11 Å². The van der Waals surface area contributed by atoms with Crippen LogP contribution in [0.2, 0.25) is 5.28 Å². The van der Waals surface area contributed by atoms with Crippen LogP contribution in [0.15, 0.2) is 24.5 Å². The number of rotatable bonds is 3. The number of pyridine rings is 1. The minimum Gasteiger partial charge on any atom is -0.481 e. The largest absolute Gasteiger partial charge is 0.481 e. The van der Waals surface area contributed by atoms with Crippen molar-refractivity contribution >= 4 is 17.3 Å². The second-order valence-electron chi connectivity index (χ2n) is 3.22. The van der Waals surface area contributed by atoms with E-state index in [1.807, 2.05) is 0 Å². The maximum Gasteiger partial charge on any atom is 0.313 e. The van der Waals surface area contributed by atoms with Crippen LogP contribution in [0.25, 0.3) is 11.3 Å². The molecule has 0 N–H and O–H groups in total. The third-order valence-corrected chi connectivity index (χ3v) is 2.34. The van der Waals surface area contributed by atoms with Crippen molar-refractivity contribution < 1.29 is 9.66 Å². The van der Waals surface area contributed by atoms with E-state index < -0.39 is 4.92 Å². The Bertz CT molecular complexity index is 588. The van der Waals surface area contributed by atoms with Crippen molar-refractivity contribution in [2.24, 2.45) is 0 Å². The van der Waals surface area contributed by atoms with Gasteiger partial charge < -0.3 is 4.74 Å². The van der Waals surface area contributed by atoms with Crippen LogP contribution in [0.4, 0.5) is 5.69 Å². The lowest BCUT2D eigenvalue weighted by atomic mass is 10.2. The van der Waals surface area contributed by atoms with Gasteiger partial charge >= 0.3 is 5.69 Å². The van der Waals surface area contributed by atoms with E-state index in [0.29, 0.717) is 11.4 Å². The summed E-state index contributed by atoms with van der Waals surface area (Å²) in [5, 5.41) is 10.8. The van der Waals surface area contributed by atoms with Crippen molar-refractivity contribution in [3.05, 3.63) is 39.9 Å². The highest BCUT2D eigenvalue weighted by Crippen LogP contribution is 2.28. The van der Waals surface area contributed by atoms with Gasteiger partial charge in [-0.05, 0) is 17.7 Å². The van der Waals surface area contributed by atoms with Gasteiger partial charge in [0.05, 0.1) is 12.0 Å². The molecule has 2 aromatic rings. The van der Waals surface area contributed by atoms with Gasteiger partial charge in [0.2, 0.25) is 11.2 Å². The molecule has 0 amide bonds. The first-order valence-electron chi connectivity index (χ1n) is 4.79. The summed E-state index contributed by atoms with van der Waals surface area (Å²) >= 11 is 5.64. The Kier molecular flexibility index (Phi) is 3.33. The molecule has 0 saturated carbocycles. The third kappa shape index (κ3) is 2.35. The van der Waals surface area contributed by atoms with Gasteiger partial charge in [-0.3, -0.25) is 10.1 Å². The van der Waals surface area contributed by atoms with Crippen molar-refractivity contribution in [1.82, 2.24) is 15.0 Å².